The molecule has 0 bridgehead atoms. The molecule has 3 rings (SSSR count). The predicted octanol–water partition coefficient (Wildman–Crippen LogP) is 3.47. The number of aliphatic hydroxyl groups is 1. The van der Waals surface area contributed by atoms with E-state index in [0.717, 1.165) is 25.7 Å². The van der Waals surface area contributed by atoms with Crippen LogP contribution in [0.25, 0.3) is 0 Å². The molecule has 0 amide bonds. The molecule has 3 nitrogen and oxygen atoms in total. The highest BCUT2D eigenvalue weighted by molar-refractivity contribution is 5.21. The van der Waals surface area contributed by atoms with E-state index in [4.69, 9.17) is 9.47 Å². The molecule has 1 saturated carbocycles. The van der Waals surface area contributed by atoms with Crippen molar-refractivity contribution in [2.24, 2.45) is 5.41 Å². The van der Waals surface area contributed by atoms with Gasteiger partial charge in [0.25, 0.3) is 0 Å². The van der Waals surface area contributed by atoms with Crippen LogP contribution in [-0.2, 0) is 15.9 Å². The van der Waals surface area contributed by atoms with Crippen LogP contribution < -0.4 is 0 Å². The molecule has 0 aromatic heterocycles. The van der Waals surface area contributed by atoms with Gasteiger partial charge in [0.05, 0.1) is 19.3 Å². The van der Waals surface area contributed by atoms with E-state index in [1.54, 1.807) is 0 Å². The van der Waals surface area contributed by atoms with E-state index < -0.39 is 5.79 Å². The largest absolute Gasteiger partial charge is 0.393 e. The quantitative estimate of drug-likeness (QED) is 0.850. The summed E-state index contributed by atoms with van der Waals surface area (Å²) in [6.07, 6.45) is 5.42. The van der Waals surface area contributed by atoms with E-state index in [9.17, 15) is 5.11 Å². The second-order valence-corrected chi connectivity index (χ2v) is 7.27. The van der Waals surface area contributed by atoms with Crippen molar-refractivity contribution in [2.75, 3.05) is 13.2 Å². The third kappa shape index (κ3) is 3.78. The smallest absolute Gasteiger partial charge is 0.162 e. The van der Waals surface area contributed by atoms with Crippen molar-refractivity contribution in [3.05, 3.63) is 47.5 Å². The summed E-state index contributed by atoms with van der Waals surface area (Å²) in [6, 6.07) is 10.4. The third-order valence-corrected chi connectivity index (χ3v) is 4.69. The van der Waals surface area contributed by atoms with Crippen molar-refractivity contribution in [3.8, 4) is 0 Å². The number of allylic oxidation sites excluding steroid dienone is 1. The second kappa shape index (κ2) is 6.15. The monoisotopic (exact) mass is 302 g/mol. The molecule has 1 N–H and O–H groups in total. The van der Waals surface area contributed by atoms with Crippen LogP contribution >= 0.6 is 0 Å². The lowest BCUT2D eigenvalue weighted by Crippen LogP contribution is -2.49. The fraction of sp³-hybridized carbons (Fsp3) is 0.579. The SMILES string of the molecule is CC1(C)OCC2(CO1)CC(=CCc1ccccc1)CC(O)C2. The van der Waals surface area contributed by atoms with Crippen molar-refractivity contribution in [1.29, 1.82) is 0 Å². The van der Waals surface area contributed by atoms with Crippen molar-refractivity contribution in [2.45, 2.75) is 51.4 Å². The molecule has 22 heavy (non-hydrogen) atoms. The zero-order valence-electron chi connectivity index (χ0n) is 13.5. The zero-order valence-corrected chi connectivity index (χ0v) is 13.5. The Morgan fingerprint density at radius 1 is 1.18 bits per heavy atom. The Morgan fingerprint density at radius 2 is 1.86 bits per heavy atom. The van der Waals surface area contributed by atoms with Gasteiger partial charge in [-0.15, -0.1) is 0 Å². The summed E-state index contributed by atoms with van der Waals surface area (Å²) in [5, 5.41) is 10.3. The van der Waals surface area contributed by atoms with E-state index >= 15 is 0 Å². The topological polar surface area (TPSA) is 38.7 Å². The number of ether oxygens (including phenoxy) is 2. The first-order valence-electron chi connectivity index (χ1n) is 8.14. The highest BCUT2D eigenvalue weighted by Gasteiger charge is 2.44. The maximum absolute atomic E-state index is 10.3. The maximum atomic E-state index is 10.3. The van der Waals surface area contributed by atoms with Crippen LogP contribution in [0.5, 0.6) is 0 Å². The van der Waals surface area contributed by atoms with E-state index in [-0.39, 0.29) is 11.5 Å². The first-order chi connectivity index (χ1) is 10.5. The van der Waals surface area contributed by atoms with Gasteiger partial charge < -0.3 is 14.6 Å². The Hall–Kier alpha value is -1.16. The Balaban J connectivity index is 1.68. The normalized spacial score (nSPS) is 28.9. The van der Waals surface area contributed by atoms with Gasteiger partial charge >= 0.3 is 0 Å². The van der Waals surface area contributed by atoms with Crippen molar-refractivity contribution >= 4 is 0 Å². The molecular weight excluding hydrogens is 276 g/mol. The summed E-state index contributed by atoms with van der Waals surface area (Å²) >= 11 is 0. The van der Waals surface area contributed by atoms with Crippen molar-refractivity contribution < 1.29 is 14.6 Å². The van der Waals surface area contributed by atoms with Crippen LogP contribution in [0.3, 0.4) is 0 Å². The average Bonchev–Trinajstić information content (AvgIpc) is 2.49. The molecule has 3 heteroatoms. The molecule has 1 aliphatic carbocycles. The number of hydrogen-bond donors (Lipinski definition) is 1. The van der Waals surface area contributed by atoms with Crippen LogP contribution in [-0.4, -0.2) is 30.2 Å². The van der Waals surface area contributed by atoms with E-state index in [1.807, 2.05) is 19.9 Å². The number of aliphatic hydroxyl groups excluding tert-OH is 1. The number of hydrogen-bond acceptors (Lipinski definition) is 3. The molecule has 2 fully saturated rings. The van der Waals surface area contributed by atoms with Crippen molar-refractivity contribution in [1.82, 2.24) is 0 Å². The Morgan fingerprint density at radius 3 is 2.55 bits per heavy atom. The average molecular weight is 302 g/mol. The maximum Gasteiger partial charge on any atom is 0.162 e. The standard InChI is InChI=1S/C19H26O3/c1-18(2)21-13-19(14-22-18)11-16(10-17(20)12-19)9-8-15-6-4-3-5-7-15/h3-7,9,17,20H,8,10-14H2,1-2H3. The molecule has 1 heterocycles. The van der Waals surface area contributed by atoms with Gasteiger partial charge in [-0.1, -0.05) is 42.0 Å². The van der Waals surface area contributed by atoms with Gasteiger partial charge in [0, 0.05) is 5.41 Å². The molecule has 1 aromatic rings. The summed E-state index contributed by atoms with van der Waals surface area (Å²) in [6.45, 7) is 5.23. The van der Waals surface area contributed by atoms with Gasteiger partial charge in [-0.2, -0.15) is 0 Å². The van der Waals surface area contributed by atoms with Gasteiger partial charge in [0.1, 0.15) is 0 Å². The molecule has 1 aliphatic heterocycles. The summed E-state index contributed by atoms with van der Waals surface area (Å²) in [5.41, 5.74) is 2.58. The van der Waals surface area contributed by atoms with Crippen LogP contribution in [0.4, 0.5) is 0 Å². The van der Waals surface area contributed by atoms with Crippen LogP contribution in [0.1, 0.15) is 38.7 Å². The lowest BCUT2D eigenvalue weighted by atomic mass is 9.71. The predicted molar refractivity (Wildman–Crippen MR) is 86.5 cm³/mol. The molecule has 1 spiro atoms. The molecule has 2 aliphatic rings. The van der Waals surface area contributed by atoms with Gasteiger partial charge in [0.2, 0.25) is 0 Å². The van der Waals surface area contributed by atoms with E-state index in [0.29, 0.717) is 13.2 Å². The Kier molecular flexibility index (Phi) is 4.40. The Labute approximate surface area is 132 Å². The minimum atomic E-state index is -0.498. The summed E-state index contributed by atoms with van der Waals surface area (Å²) in [5.74, 6) is -0.498. The first-order valence-corrected chi connectivity index (χ1v) is 8.14. The lowest BCUT2D eigenvalue weighted by Gasteiger charge is -2.47. The molecule has 1 atom stereocenters. The highest BCUT2D eigenvalue weighted by atomic mass is 16.7. The minimum absolute atomic E-state index is 0.0598. The third-order valence-electron chi connectivity index (χ3n) is 4.69. The number of rotatable bonds is 2. The second-order valence-electron chi connectivity index (χ2n) is 7.27. The van der Waals surface area contributed by atoms with E-state index in [1.165, 1.54) is 11.1 Å². The molecule has 0 radical (unpaired) electrons. The molecular formula is C19H26O3. The summed E-state index contributed by atoms with van der Waals surface area (Å²) < 4.78 is 11.7. The van der Waals surface area contributed by atoms with Gasteiger partial charge in [-0.25, -0.2) is 0 Å². The van der Waals surface area contributed by atoms with Crippen LogP contribution in [0.15, 0.2) is 42.0 Å². The molecule has 1 saturated heterocycles. The van der Waals surface area contributed by atoms with Gasteiger partial charge in [-0.05, 0) is 45.1 Å². The van der Waals surface area contributed by atoms with Gasteiger partial charge in [0.15, 0.2) is 5.79 Å². The zero-order chi connectivity index (χ0) is 15.6. The fourth-order valence-corrected chi connectivity index (χ4v) is 3.49. The van der Waals surface area contributed by atoms with Gasteiger partial charge in [-0.3, -0.25) is 0 Å². The van der Waals surface area contributed by atoms with E-state index in [2.05, 4.69) is 30.3 Å². The summed E-state index contributed by atoms with van der Waals surface area (Å²) in [7, 11) is 0. The lowest BCUT2D eigenvalue weighted by molar-refractivity contribution is -0.290. The Bertz CT molecular complexity index is 523. The highest BCUT2D eigenvalue weighted by Crippen LogP contribution is 2.43. The van der Waals surface area contributed by atoms with Crippen LogP contribution in [0, 0.1) is 5.41 Å². The first kappa shape index (κ1) is 15.7. The summed E-state index contributed by atoms with van der Waals surface area (Å²) in [4.78, 5) is 0. The minimum Gasteiger partial charge on any atom is -0.393 e. The fourth-order valence-electron chi connectivity index (χ4n) is 3.49. The molecule has 120 valence electrons. The van der Waals surface area contributed by atoms with Crippen molar-refractivity contribution in [3.63, 3.8) is 0 Å². The van der Waals surface area contributed by atoms with Crippen LogP contribution in [0.2, 0.25) is 0 Å². The number of benzene rings is 1. The molecule has 1 aromatic carbocycles. The molecule has 1 unspecified atom stereocenters.